The van der Waals surface area contributed by atoms with Crippen LogP contribution in [-0.2, 0) is 20.8 Å². The molecule has 49 heavy (non-hydrogen) atoms. The van der Waals surface area contributed by atoms with E-state index in [1.54, 1.807) is 6.07 Å². The van der Waals surface area contributed by atoms with Crippen LogP contribution in [0.4, 0.5) is 5.82 Å². The van der Waals surface area contributed by atoms with Gasteiger partial charge in [0.15, 0.2) is 0 Å². The van der Waals surface area contributed by atoms with Crippen molar-refractivity contribution < 1.29 is 19.5 Å². The normalized spacial score (nSPS) is 21.7. The Bertz CT molecular complexity index is 1570. The van der Waals surface area contributed by atoms with Crippen LogP contribution in [-0.4, -0.2) is 69.5 Å². The standard InChI is InChI=1S/C40H55N5O4/c1-26(2)36(39(49)42-35-20-19-28-15-11-12-18-33(28)41-35)43-37(47)31(21-27-13-7-6-8-14-27)22-32(46)25-45-24-30-17-10-9-16-29(30)23-34(45)38(48)44-40(3,4)5/h6-8,11-15,18-20,26,29-32,34,36,46H,9-10,16-17,21-25H2,1-5H3,(H,43,47)(H,44,48)(H,41,42,49)/t29-,30+,31+,32-,34-,36-/m0/s1. The van der Waals surface area contributed by atoms with Crippen molar-refractivity contribution in [1.82, 2.24) is 20.5 Å². The van der Waals surface area contributed by atoms with Gasteiger partial charge in [-0.2, -0.15) is 0 Å². The molecule has 3 amide bonds. The molecule has 3 aromatic rings. The molecule has 2 aliphatic rings. The maximum atomic E-state index is 14.0. The number of amides is 3. The van der Waals surface area contributed by atoms with Crippen molar-refractivity contribution in [2.45, 2.75) is 103 Å². The number of para-hydroxylation sites is 1. The minimum atomic E-state index is -0.835. The van der Waals surface area contributed by atoms with Crippen molar-refractivity contribution in [3.05, 3.63) is 72.3 Å². The fourth-order valence-corrected chi connectivity index (χ4v) is 7.63. The predicted molar refractivity (Wildman–Crippen MR) is 195 cm³/mol. The second-order valence-corrected chi connectivity index (χ2v) is 15.6. The van der Waals surface area contributed by atoms with Crippen LogP contribution in [0.15, 0.2) is 66.7 Å². The molecule has 2 fully saturated rings. The molecule has 6 atom stereocenters. The van der Waals surface area contributed by atoms with Crippen molar-refractivity contribution in [3.63, 3.8) is 0 Å². The van der Waals surface area contributed by atoms with Crippen LogP contribution in [0.25, 0.3) is 10.9 Å². The number of β-amino-alcohol motifs (C(OH)–C–C–N with tert-alkyl or cyclic N) is 1. The van der Waals surface area contributed by atoms with E-state index >= 15 is 0 Å². The summed E-state index contributed by atoms with van der Waals surface area (Å²) in [5.74, 6) is 0.0822. The van der Waals surface area contributed by atoms with Gasteiger partial charge in [0.05, 0.1) is 17.7 Å². The lowest BCUT2D eigenvalue weighted by Crippen LogP contribution is -2.58. The average molecular weight is 670 g/mol. The summed E-state index contributed by atoms with van der Waals surface area (Å²) in [5.41, 5.74) is 1.40. The van der Waals surface area contributed by atoms with Crippen LogP contribution in [0.3, 0.4) is 0 Å². The maximum absolute atomic E-state index is 14.0. The molecule has 1 saturated heterocycles. The average Bonchev–Trinajstić information content (AvgIpc) is 3.05. The monoisotopic (exact) mass is 669 g/mol. The first-order valence-corrected chi connectivity index (χ1v) is 18.1. The van der Waals surface area contributed by atoms with E-state index in [0.717, 1.165) is 42.3 Å². The Morgan fingerprint density at radius 2 is 1.61 bits per heavy atom. The van der Waals surface area contributed by atoms with Crippen molar-refractivity contribution in [2.75, 3.05) is 18.4 Å². The molecule has 2 aromatic carbocycles. The van der Waals surface area contributed by atoms with E-state index in [4.69, 9.17) is 0 Å². The van der Waals surface area contributed by atoms with Crippen LogP contribution in [0, 0.1) is 23.7 Å². The topological polar surface area (TPSA) is 124 Å². The molecule has 0 unspecified atom stereocenters. The van der Waals surface area contributed by atoms with Gasteiger partial charge in [-0.1, -0.05) is 81.6 Å². The summed E-state index contributed by atoms with van der Waals surface area (Å²) >= 11 is 0. The van der Waals surface area contributed by atoms with Gasteiger partial charge < -0.3 is 21.1 Å². The molecule has 1 aliphatic carbocycles. The van der Waals surface area contributed by atoms with Crippen LogP contribution in [0.5, 0.6) is 0 Å². The smallest absolute Gasteiger partial charge is 0.248 e. The number of benzene rings is 2. The molecule has 5 rings (SSSR count). The predicted octanol–water partition coefficient (Wildman–Crippen LogP) is 5.72. The lowest BCUT2D eigenvalue weighted by molar-refractivity contribution is -0.133. The number of fused-ring (bicyclic) bond motifs is 2. The number of aliphatic hydroxyl groups is 1. The summed E-state index contributed by atoms with van der Waals surface area (Å²) in [5, 5.41) is 21.7. The summed E-state index contributed by atoms with van der Waals surface area (Å²) in [6.45, 7) is 10.9. The van der Waals surface area contributed by atoms with Crippen molar-refractivity contribution in [2.24, 2.45) is 23.7 Å². The first kappa shape index (κ1) is 36.5. The summed E-state index contributed by atoms with van der Waals surface area (Å²) < 4.78 is 0. The zero-order valence-corrected chi connectivity index (χ0v) is 29.8. The zero-order valence-electron chi connectivity index (χ0n) is 29.8. The third-order valence-electron chi connectivity index (χ3n) is 10.1. The number of nitrogens with one attached hydrogen (secondary N) is 3. The number of hydrogen-bond donors (Lipinski definition) is 4. The van der Waals surface area contributed by atoms with E-state index in [0.29, 0.717) is 30.6 Å². The van der Waals surface area contributed by atoms with Crippen molar-refractivity contribution in [1.29, 1.82) is 0 Å². The molecule has 9 heteroatoms. The number of carbonyl (C=O) groups excluding carboxylic acids is 3. The van der Waals surface area contributed by atoms with Gasteiger partial charge in [0, 0.05) is 29.9 Å². The van der Waals surface area contributed by atoms with Gasteiger partial charge in [0.2, 0.25) is 17.7 Å². The lowest BCUT2D eigenvalue weighted by Gasteiger charge is -2.46. The Kier molecular flexibility index (Phi) is 12.1. The number of aliphatic hydroxyl groups excluding tert-OH is 1. The van der Waals surface area contributed by atoms with Crippen LogP contribution < -0.4 is 16.0 Å². The first-order valence-electron chi connectivity index (χ1n) is 18.1. The number of piperidine rings is 1. The molecular weight excluding hydrogens is 614 g/mol. The van der Waals surface area contributed by atoms with E-state index < -0.39 is 18.1 Å². The molecule has 0 spiro atoms. The van der Waals surface area contributed by atoms with Crippen LogP contribution >= 0.6 is 0 Å². The van der Waals surface area contributed by atoms with Gasteiger partial charge in [-0.05, 0) is 88.0 Å². The molecular formula is C40H55N5O4. The minimum absolute atomic E-state index is 0.00833. The number of rotatable bonds is 12. The molecule has 1 aromatic heterocycles. The van der Waals surface area contributed by atoms with E-state index in [2.05, 4.69) is 25.8 Å². The summed E-state index contributed by atoms with van der Waals surface area (Å²) in [6.07, 6.45) is 5.30. The zero-order chi connectivity index (χ0) is 35.1. The maximum Gasteiger partial charge on any atom is 0.248 e. The Morgan fingerprint density at radius 1 is 0.918 bits per heavy atom. The second-order valence-electron chi connectivity index (χ2n) is 15.6. The highest BCUT2D eigenvalue weighted by Crippen LogP contribution is 2.39. The van der Waals surface area contributed by atoms with E-state index in [-0.39, 0.29) is 41.6 Å². The van der Waals surface area contributed by atoms with E-state index in [1.165, 1.54) is 12.8 Å². The molecule has 0 radical (unpaired) electrons. The molecule has 1 saturated carbocycles. The number of nitrogens with zero attached hydrogens (tertiary/aromatic N) is 2. The number of carbonyl (C=O) groups is 3. The van der Waals surface area contributed by atoms with Gasteiger partial charge in [-0.3, -0.25) is 19.3 Å². The summed E-state index contributed by atoms with van der Waals surface area (Å²) in [4.78, 5) is 47.9. The summed E-state index contributed by atoms with van der Waals surface area (Å²) in [6, 6.07) is 20.0. The SMILES string of the molecule is CC(C)[C@H](NC(=O)[C@H](Cc1ccccc1)C[C@H](O)CN1C[C@H]2CCCC[C@H]2C[C@H]1C(=O)NC(C)(C)C)C(=O)Nc1ccc2ccccc2n1. The molecule has 0 bridgehead atoms. The Balaban J connectivity index is 1.30. The fraction of sp³-hybridized carbons (Fsp3) is 0.550. The fourth-order valence-electron chi connectivity index (χ4n) is 7.63. The molecule has 264 valence electrons. The van der Waals surface area contributed by atoms with Crippen LogP contribution in [0.2, 0.25) is 0 Å². The third kappa shape index (κ3) is 10.1. The molecule has 4 N–H and O–H groups in total. The Morgan fingerprint density at radius 3 is 2.33 bits per heavy atom. The molecule has 2 heterocycles. The second kappa shape index (κ2) is 16.3. The molecule has 9 nitrogen and oxygen atoms in total. The third-order valence-corrected chi connectivity index (χ3v) is 10.1. The number of anilines is 1. The van der Waals surface area contributed by atoms with Crippen LogP contribution in [0.1, 0.15) is 78.7 Å². The van der Waals surface area contributed by atoms with Crippen molar-refractivity contribution >= 4 is 34.4 Å². The number of aromatic nitrogens is 1. The quantitative estimate of drug-likeness (QED) is 0.196. The van der Waals surface area contributed by atoms with Gasteiger partial charge >= 0.3 is 0 Å². The van der Waals surface area contributed by atoms with Gasteiger partial charge in [0.1, 0.15) is 11.9 Å². The highest BCUT2D eigenvalue weighted by molar-refractivity contribution is 5.97. The van der Waals surface area contributed by atoms with Gasteiger partial charge in [0.25, 0.3) is 0 Å². The first-order chi connectivity index (χ1) is 23.4. The number of likely N-dealkylation sites (tertiary alicyclic amines) is 1. The number of pyridine rings is 1. The number of hydrogen-bond acceptors (Lipinski definition) is 6. The lowest BCUT2D eigenvalue weighted by atomic mass is 9.72. The highest BCUT2D eigenvalue weighted by Gasteiger charge is 2.41. The Hall–Kier alpha value is -3.82. The van der Waals surface area contributed by atoms with E-state index in [9.17, 15) is 19.5 Å². The van der Waals surface area contributed by atoms with Crippen molar-refractivity contribution in [3.8, 4) is 0 Å². The van der Waals surface area contributed by atoms with Gasteiger partial charge in [-0.15, -0.1) is 0 Å². The largest absolute Gasteiger partial charge is 0.392 e. The Labute approximate surface area is 291 Å². The van der Waals surface area contributed by atoms with E-state index in [1.807, 2.05) is 95.3 Å². The highest BCUT2D eigenvalue weighted by atomic mass is 16.3. The van der Waals surface area contributed by atoms with Gasteiger partial charge in [-0.25, -0.2) is 4.98 Å². The molecule has 1 aliphatic heterocycles. The summed E-state index contributed by atoms with van der Waals surface area (Å²) in [7, 11) is 0. The minimum Gasteiger partial charge on any atom is -0.392 e.